The average Bonchev–Trinajstić information content (AvgIpc) is 3.35. The molecule has 188 valence electrons. The molecule has 5 rings (SSSR count). The summed E-state index contributed by atoms with van der Waals surface area (Å²) in [5.74, 6) is 1.24. The number of piperazine rings is 1. The van der Waals surface area contributed by atoms with Crippen molar-refractivity contribution in [3.05, 3.63) is 46.6 Å². The second-order valence-corrected chi connectivity index (χ2v) is 10.5. The van der Waals surface area contributed by atoms with Crippen molar-refractivity contribution in [2.75, 3.05) is 63.9 Å². The molecule has 3 fully saturated rings. The van der Waals surface area contributed by atoms with Crippen LogP contribution in [0.4, 0.5) is 5.82 Å². The SMILES string of the molecule is CCN1CCN(C(=O)c2ccc(CSc3nc(Cl)cc(N4CCC5(CC4)OCCO5)n3)cc2)CC1. The molecule has 0 aliphatic carbocycles. The van der Waals surface area contributed by atoms with Gasteiger partial charge in [0.05, 0.1) is 13.2 Å². The van der Waals surface area contributed by atoms with E-state index in [0.29, 0.717) is 29.3 Å². The third-order valence-electron chi connectivity index (χ3n) is 7.00. The smallest absolute Gasteiger partial charge is 0.253 e. The maximum atomic E-state index is 12.8. The fraction of sp³-hybridized carbons (Fsp3) is 0.560. The van der Waals surface area contributed by atoms with Gasteiger partial charge in [0.1, 0.15) is 11.0 Å². The van der Waals surface area contributed by atoms with Crippen molar-refractivity contribution >= 4 is 35.1 Å². The molecular formula is C25H32ClN5O3S. The Morgan fingerprint density at radius 3 is 2.37 bits per heavy atom. The molecular weight excluding hydrogens is 486 g/mol. The van der Waals surface area contributed by atoms with Gasteiger partial charge < -0.3 is 24.2 Å². The van der Waals surface area contributed by atoms with E-state index in [1.807, 2.05) is 35.2 Å². The van der Waals surface area contributed by atoms with E-state index < -0.39 is 5.79 Å². The van der Waals surface area contributed by atoms with Crippen LogP contribution in [0.3, 0.4) is 0 Å². The lowest BCUT2D eigenvalue weighted by Crippen LogP contribution is -2.48. The predicted molar refractivity (Wildman–Crippen MR) is 137 cm³/mol. The molecule has 1 amide bonds. The minimum atomic E-state index is -0.414. The zero-order valence-electron chi connectivity index (χ0n) is 20.1. The van der Waals surface area contributed by atoms with Crippen molar-refractivity contribution < 1.29 is 14.3 Å². The van der Waals surface area contributed by atoms with Gasteiger partial charge in [-0.05, 0) is 24.2 Å². The Morgan fingerprint density at radius 2 is 1.71 bits per heavy atom. The lowest BCUT2D eigenvalue weighted by molar-refractivity contribution is -0.169. The number of carbonyl (C=O) groups is 1. The van der Waals surface area contributed by atoms with Crippen LogP contribution in [0.25, 0.3) is 0 Å². The molecule has 0 bridgehead atoms. The fourth-order valence-electron chi connectivity index (χ4n) is 4.82. The Labute approximate surface area is 215 Å². The highest BCUT2D eigenvalue weighted by atomic mass is 35.5. The summed E-state index contributed by atoms with van der Waals surface area (Å²) >= 11 is 7.88. The summed E-state index contributed by atoms with van der Waals surface area (Å²) in [4.78, 5) is 28.5. The first kappa shape index (κ1) is 24.8. The van der Waals surface area contributed by atoms with Crippen LogP contribution in [0.2, 0.25) is 5.15 Å². The first-order valence-corrected chi connectivity index (χ1v) is 13.7. The highest BCUT2D eigenvalue weighted by Gasteiger charge is 2.40. The first-order valence-electron chi connectivity index (χ1n) is 12.3. The molecule has 35 heavy (non-hydrogen) atoms. The van der Waals surface area contributed by atoms with E-state index in [1.165, 1.54) is 0 Å². The Morgan fingerprint density at radius 1 is 1.03 bits per heavy atom. The number of hydrogen-bond acceptors (Lipinski definition) is 8. The van der Waals surface area contributed by atoms with Gasteiger partial charge in [-0.15, -0.1) is 0 Å². The third-order valence-corrected chi connectivity index (χ3v) is 8.11. The number of aromatic nitrogens is 2. The van der Waals surface area contributed by atoms with Crippen molar-refractivity contribution in [3.63, 3.8) is 0 Å². The van der Waals surface area contributed by atoms with Crippen LogP contribution < -0.4 is 4.90 Å². The van der Waals surface area contributed by atoms with E-state index in [2.05, 4.69) is 21.7 Å². The summed E-state index contributed by atoms with van der Waals surface area (Å²) < 4.78 is 11.7. The third kappa shape index (κ3) is 5.91. The summed E-state index contributed by atoms with van der Waals surface area (Å²) in [5.41, 5.74) is 1.85. The molecule has 3 saturated heterocycles. The number of thioether (sulfide) groups is 1. The van der Waals surface area contributed by atoms with Crippen LogP contribution in [0, 0.1) is 0 Å². The van der Waals surface area contributed by atoms with Gasteiger partial charge >= 0.3 is 0 Å². The van der Waals surface area contributed by atoms with E-state index in [0.717, 1.165) is 75.6 Å². The van der Waals surface area contributed by atoms with Gasteiger partial charge in [-0.2, -0.15) is 0 Å². The van der Waals surface area contributed by atoms with Gasteiger partial charge in [0, 0.05) is 69.5 Å². The van der Waals surface area contributed by atoms with Gasteiger partial charge in [-0.1, -0.05) is 42.4 Å². The molecule has 2 aromatic rings. The molecule has 0 saturated carbocycles. The summed E-state index contributed by atoms with van der Waals surface area (Å²) in [6.07, 6.45) is 1.63. The molecule has 4 heterocycles. The van der Waals surface area contributed by atoms with Crippen molar-refractivity contribution in [2.24, 2.45) is 0 Å². The van der Waals surface area contributed by atoms with Gasteiger partial charge in [-0.3, -0.25) is 4.79 Å². The quantitative estimate of drug-likeness (QED) is 0.327. The molecule has 0 unspecified atom stereocenters. The van der Waals surface area contributed by atoms with Gasteiger partial charge in [0.25, 0.3) is 5.91 Å². The summed E-state index contributed by atoms with van der Waals surface area (Å²) in [6, 6.07) is 9.69. The minimum Gasteiger partial charge on any atom is -0.356 e. The molecule has 8 nitrogen and oxygen atoms in total. The van der Waals surface area contributed by atoms with E-state index in [-0.39, 0.29) is 5.91 Å². The summed E-state index contributed by atoms with van der Waals surface area (Å²) in [5, 5.41) is 1.09. The zero-order chi connectivity index (χ0) is 24.3. The monoisotopic (exact) mass is 517 g/mol. The zero-order valence-corrected chi connectivity index (χ0v) is 21.7. The number of halogens is 1. The van der Waals surface area contributed by atoms with Gasteiger partial charge in [-0.25, -0.2) is 9.97 Å². The number of nitrogens with zero attached hydrogens (tertiary/aromatic N) is 5. The second-order valence-electron chi connectivity index (χ2n) is 9.14. The second kappa shape index (κ2) is 11.0. The van der Waals surface area contributed by atoms with E-state index in [9.17, 15) is 4.79 Å². The standard InChI is InChI=1S/C25H32ClN5O3S/c1-2-29-11-13-31(14-12-29)23(32)20-5-3-19(4-6-20)18-35-24-27-21(26)17-22(28-24)30-9-7-25(8-10-30)33-15-16-34-25/h3-6,17H,2,7-16,18H2,1H3. The number of rotatable bonds is 6. The van der Waals surface area contributed by atoms with Gasteiger partial charge in [0.2, 0.25) is 0 Å². The predicted octanol–water partition coefficient (Wildman–Crippen LogP) is 3.54. The van der Waals surface area contributed by atoms with Crippen LogP contribution in [0.15, 0.2) is 35.5 Å². The fourth-order valence-corrected chi connectivity index (χ4v) is 5.85. The maximum Gasteiger partial charge on any atom is 0.253 e. The highest BCUT2D eigenvalue weighted by molar-refractivity contribution is 7.98. The van der Waals surface area contributed by atoms with Crippen LogP contribution in [-0.4, -0.2) is 90.5 Å². The lowest BCUT2D eigenvalue weighted by Gasteiger charge is -2.38. The molecule has 3 aliphatic heterocycles. The molecule has 0 radical (unpaired) electrons. The number of amides is 1. The van der Waals surface area contributed by atoms with Crippen LogP contribution >= 0.6 is 23.4 Å². The number of likely N-dealkylation sites (N-methyl/N-ethyl adjacent to an activating group) is 1. The van der Waals surface area contributed by atoms with Crippen LogP contribution in [0.1, 0.15) is 35.7 Å². The molecule has 1 aromatic heterocycles. The van der Waals surface area contributed by atoms with E-state index in [4.69, 9.17) is 26.1 Å². The van der Waals surface area contributed by atoms with E-state index in [1.54, 1.807) is 11.8 Å². The minimum absolute atomic E-state index is 0.111. The molecule has 0 N–H and O–H groups in total. The Balaban J connectivity index is 1.16. The Hall–Kier alpha value is -1.91. The van der Waals surface area contributed by atoms with Gasteiger partial charge in [0.15, 0.2) is 10.9 Å². The molecule has 1 spiro atoms. The highest BCUT2D eigenvalue weighted by Crippen LogP contribution is 2.34. The van der Waals surface area contributed by atoms with Crippen molar-refractivity contribution in [1.29, 1.82) is 0 Å². The molecule has 0 atom stereocenters. The van der Waals surface area contributed by atoms with Crippen LogP contribution in [-0.2, 0) is 15.2 Å². The molecule has 1 aromatic carbocycles. The number of benzene rings is 1. The summed E-state index contributed by atoms with van der Waals surface area (Å²) in [7, 11) is 0. The maximum absolute atomic E-state index is 12.8. The molecule has 3 aliphatic rings. The van der Waals surface area contributed by atoms with Crippen LogP contribution in [0.5, 0.6) is 0 Å². The number of piperidine rings is 1. The Bertz CT molecular complexity index is 1020. The first-order chi connectivity index (χ1) is 17.0. The number of hydrogen-bond donors (Lipinski definition) is 0. The van der Waals surface area contributed by atoms with Crippen molar-refractivity contribution in [2.45, 2.75) is 36.5 Å². The molecule has 10 heteroatoms. The van der Waals surface area contributed by atoms with E-state index >= 15 is 0 Å². The number of ether oxygens (including phenoxy) is 2. The Kier molecular flexibility index (Phi) is 7.79. The number of carbonyl (C=O) groups excluding carboxylic acids is 1. The lowest BCUT2D eigenvalue weighted by atomic mass is 10.0. The number of anilines is 1. The average molecular weight is 518 g/mol. The largest absolute Gasteiger partial charge is 0.356 e. The van der Waals surface area contributed by atoms with Crippen molar-refractivity contribution in [3.8, 4) is 0 Å². The van der Waals surface area contributed by atoms with Crippen molar-refractivity contribution in [1.82, 2.24) is 19.8 Å². The topological polar surface area (TPSA) is 71.0 Å². The summed E-state index contributed by atoms with van der Waals surface area (Å²) in [6.45, 7) is 9.61. The normalized spacial score (nSPS) is 20.5.